The Labute approximate surface area is 263 Å². The van der Waals surface area contributed by atoms with E-state index in [4.69, 9.17) is 26.3 Å². The van der Waals surface area contributed by atoms with E-state index in [1.165, 1.54) is 18.2 Å². The van der Waals surface area contributed by atoms with Crippen molar-refractivity contribution in [2.24, 2.45) is 0 Å². The highest BCUT2D eigenvalue weighted by Crippen LogP contribution is 2.44. The molecule has 0 radical (unpaired) electrons. The molecule has 1 unspecified atom stereocenters. The Morgan fingerprint density at radius 1 is 1.09 bits per heavy atom. The number of fused-ring (bicyclic) bond motifs is 4. The predicted octanol–water partition coefficient (Wildman–Crippen LogP) is 6.31. The number of benzene rings is 3. The smallest absolute Gasteiger partial charge is 0.319 e. The van der Waals surface area contributed by atoms with Crippen LogP contribution in [0.2, 0.25) is 5.02 Å². The summed E-state index contributed by atoms with van der Waals surface area (Å²) >= 11 is 6.41. The highest BCUT2D eigenvalue weighted by molar-refractivity contribution is 6.37. The van der Waals surface area contributed by atoms with E-state index in [0.717, 1.165) is 25.8 Å². The lowest BCUT2D eigenvalue weighted by Crippen LogP contribution is -2.63. The van der Waals surface area contributed by atoms with E-state index in [1.54, 1.807) is 30.3 Å². The summed E-state index contributed by atoms with van der Waals surface area (Å²) in [7, 11) is 0. The van der Waals surface area contributed by atoms with Gasteiger partial charge in [0, 0.05) is 42.4 Å². The average molecular weight is 634 g/mol. The fourth-order valence-corrected chi connectivity index (χ4v) is 8.31. The summed E-state index contributed by atoms with van der Waals surface area (Å²) < 4.78 is 51.4. The van der Waals surface area contributed by atoms with Gasteiger partial charge in [-0.2, -0.15) is 9.97 Å². The maximum Gasteiger partial charge on any atom is 0.319 e. The Bertz CT molecular complexity index is 1890. The first-order chi connectivity index (χ1) is 21.8. The first-order valence-electron chi connectivity index (χ1n) is 15.4. The van der Waals surface area contributed by atoms with Gasteiger partial charge in [-0.05, 0) is 61.0 Å². The molecular formula is C34H31ClF3N5O2. The zero-order chi connectivity index (χ0) is 31.0. The van der Waals surface area contributed by atoms with Crippen molar-refractivity contribution in [2.45, 2.75) is 49.5 Å². The molecule has 4 aromatic rings. The van der Waals surface area contributed by atoms with Crippen molar-refractivity contribution in [3.05, 3.63) is 71.8 Å². The van der Waals surface area contributed by atoms with Crippen LogP contribution in [0.4, 0.5) is 19.0 Å². The van der Waals surface area contributed by atoms with Crippen molar-refractivity contribution >= 4 is 45.0 Å². The minimum absolute atomic E-state index is 0.00707. The summed E-state index contributed by atoms with van der Waals surface area (Å²) in [6, 6.07) is 11.4. The number of hydrogen-bond donors (Lipinski definition) is 0. The van der Waals surface area contributed by atoms with Crippen LogP contribution in [0.25, 0.3) is 32.8 Å². The average Bonchev–Trinajstić information content (AvgIpc) is 3.66. The number of carbonyl (C=O) groups excluding carboxylic acids is 1. The van der Waals surface area contributed by atoms with Gasteiger partial charge < -0.3 is 14.5 Å². The van der Waals surface area contributed by atoms with Gasteiger partial charge in [-0.15, -0.1) is 0 Å². The van der Waals surface area contributed by atoms with Crippen molar-refractivity contribution in [3.8, 4) is 17.1 Å². The molecule has 11 heteroatoms. The van der Waals surface area contributed by atoms with Crippen molar-refractivity contribution in [1.29, 1.82) is 0 Å². The van der Waals surface area contributed by atoms with Gasteiger partial charge in [-0.1, -0.05) is 42.4 Å². The number of likely N-dealkylation sites (tertiary alicyclic amines) is 1. The molecule has 1 amide bonds. The van der Waals surface area contributed by atoms with Crippen molar-refractivity contribution in [2.75, 3.05) is 37.7 Å². The summed E-state index contributed by atoms with van der Waals surface area (Å²) in [6.07, 6.45) is 3.40. The third kappa shape index (κ3) is 4.47. The number of amides is 1. The molecule has 4 aliphatic rings. The Balaban J connectivity index is 1.23. The normalized spacial score (nSPS) is 25.9. The highest BCUT2D eigenvalue weighted by Gasteiger charge is 2.51. The van der Waals surface area contributed by atoms with Gasteiger partial charge in [0.2, 0.25) is 5.91 Å². The third-order valence-corrected chi connectivity index (χ3v) is 10.6. The lowest BCUT2D eigenvalue weighted by molar-refractivity contribution is -0.127. The Hall–Kier alpha value is -3.89. The van der Waals surface area contributed by atoms with Gasteiger partial charge in [-0.3, -0.25) is 9.69 Å². The van der Waals surface area contributed by atoms with Crippen LogP contribution < -0.4 is 9.64 Å². The van der Waals surface area contributed by atoms with Gasteiger partial charge in [0.1, 0.15) is 30.2 Å². The maximum absolute atomic E-state index is 16.1. The standard InChI is InChI=1S/C34H31ClF3N5O2/c1-2-29(44)42-12-9-27-28(42)17-43(27)32-23-13-25(38)22(21-6-3-5-19-7-8-24(37)31(35)30(19)21)14-26(23)39-33(40-32)45-18-34-10-4-11-41(34)16-20(36)15-34/h2-3,5-8,13-14,20,27-28H,1,4,9-12,15-18H2/t20-,27?,28-,34+/m1/s1. The summed E-state index contributed by atoms with van der Waals surface area (Å²) in [5.74, 6) is -0.704. The van der Waals surface area contributed by atoms with Crippen molar-refractivity contribution < 1.29 is 22.7 Å². The SMILES string of the molecule is C=CC(=O)N1CCC2[C@H]1CN2c1nc(OC[C@@]23CCCN2C[C@H](F)C3)nc2cc(-c3cccc4ccc(F)c(Cl)c34)c(F)cc12. The van der Waals surface area contributed by atoms with E-state index in [-0.39, 0.29) is 41.2 Å². The molecule has 3 aromatic carbocycles. The zero-order valence-electron chi connectivity index (χ0n) is 24.5. The lowest BCUT2D eigenvalue weighted by atomic mass is 9.94. The van der Waals surface area contributed by atoms with Gasteiger partial charge in [0.25, 0.3) is 0 Å². The minimum atomic E-state index is -0.897. The molecule has 4 atom stereocenters. The van der Waals surface area contributed by atoms with Crippen molar-refractivity contribution in [1.82, 2.24) is 19.8 Å². The topological polar surface area (TPSA) is 61.8 Å². The van der Waals surface area contributed by atoms with E-state index < -0.39 is 23.3 Å². The number of rotatable bonds is 6. The molecule has 8 rings (SSSR count). The van der Waals surface area contributed by atoms with Crippen LogP contribution in [-0.4, -0.2) is 82.3 Å². The molecule has 4 aliphatic heterocycles. The molecule has 0 bridgehead atoms. The largest absolute Gasteiger partial charge is 0.461 e. The number of nitrogens with zero attached hydrogens (tertiary/aromatic N) is 5. The van der Waals surface area contributed by atoms with E-state index in [1.807, 2.05) is 4.90 Å². The Kier molecular flexibility index (Phi) is 6.73. The van der Waals surface area contributed by atoms with Gasteiger partial charge in [0.05, 0.1) is 28.2 Å². The fourth-order valence-electron chi connectivity index (χ4n) is 8.04. The maximum atomic E-state index is 16.1. The number of ether oxygens (including phenoxy) is 1. The molecule has 0 aliphatic carbocycles. The lowest BCUT2D eigenvalue weighted by Gasteiger charge is -2.47. The number of halogens is 4. The van der Waals surface area contributed by atoms with E-state index in [9.17, 15) is 13.6 Å². The monoisotopic (exact) mass is 633 g/mol. The first kappa shape index (κ1) is 28.6. The summed E-state index contributed by atoms with van der Waals surface area (Å²) in [4.78, 5) is 28.0. The second-order valence-corrected chi connectivity index (χ2v) is 13.0. The first-order valence-corrected chi connectivity index (χ1v) is 15.7. The second kappa shape index (κ2) is 10.6. The van der Waals surface area contributed by atoms with Gasteiger partial charge >= 0.3 is 6.01 Å². The molecule has 0 saturated carbocycles. The number of alkyl halides is 1. The van der Waals surface area contributed by atoms with Gasteiger partial charge in [-0.25, -0.2) is 13.2 Å². The highest BCUT2D eigenvalue weighted by atomic mass is 35.5. The van der Waals surface area contributed by atoms with Crippen LogP contribution >= 0.6 is 11.6 Å². The molecule has 45 heavy (non-hydrogen) atoms. The number of hydrogen-bond acceptors (Lipinski definition) is 6. The zero-order valence-corrected chi connectivity index (χ0v) is 25.2. The minimum Gasteiger partial charge on any atom is -0.461 e. The molecule has 0 N–H and O–H groups in total. The van der Waals surface area contributed by atoms with Crippen LogP contribution in [0.15, 0.2) is 55.1 Å². The predicted molar refractivity (Wildman–Crippen MR) is 167 cm³/mol. The molecule has 0 spiro atoms. The van der Waals surface area contributed by atoms with E-state index >= 15 is 4.39 Å². The van der Waals surface area contributed by atoms with Gasteiger partial charge in [0.15, 0.2) is 0 Å². The molecule has 4 fully saturated rings. The molecule has 7 nitrogen and oxygen atoms in total. The van der Waals surface area contributed by atoms with Crippen LogP contribution in [0.5, 0.6) is 6.01 Å². The van der Waals surface area contributed by atoms with Crippen LogP contribution in [0, 0.1) is 11.6 Å². The van der Waals surface area contributed by atoms with Crippen molar-refractivity contribution in [3.63, 3.8) is 0 Å². The molecule has 1 aromatic heterocycles. The van der Waals surface area contributed by atoms with E-state index in [0.29, 0.717) is 59.1 Å². The summed E-state index contributed by atoms with van der Waals surface area (Å²) in [5.41, 5.74) is 0.719. The van der Waals surface area contributed by atoms with Crippen LogP contribution in [0.1, 0.15) is 25.7 Å². The molecular weight excluding hydrogens is 603 g/mol. The molecule has 232 valence electrons. The summed E-state index contributed by atoms with van der Waals surface area (Å²) in [5, 5.41) is 1.51. The Morgan fingerprint density at radius 3 is 2.80 bits per heavy atom. The van der Waals surface area contributed by atoms with E-state index in [2.05, 4.69) is 16.4 Å². The second-order valence-electron chi connectivity index (χ2n) is 12.6. The molecule has 4 saturated heterocycles. The Morgan fingerprint density at radius 2 is 1.96 bits per heavy atom. The van der Waals surface area contributed by atoms with Crippen LogP contribution in [0.3, 0.4) is 0 Å². The van der Waals surface area contributed by atoms with Crippen LogP contribution in [-0.2, 0) is 4.79 Å². The molecule has 5 heterocycles. The quantitative estimate of drug-likeness (QED) is 0.232. The number of aromatic nitrogens is 2. The number of anilines is 1. The number of carbonyl (C=O) groups is 1. The summed E-state index contributed by atoms with van der Waals surface area (Å²) in [6.45, 7) is 6.24. The fraction of sp³-hybridized carbons (Fsp3) is 0.382. The third-order valence-electron chi connectivity index (χ3n) is 10.2.